The Bertz CT molecular complexity index is 303. The van der Waals surface area contributed by atoms with Gasteiger partial charge in [-0.15, -0.1) is 12.4 Å². The molecular formula is C7H7ClFNO2. The van der Waals surface area contributed by atoms with Gasteiger partial charge in [0.1, 0.15) is 5.82 Å². The second-order valence-corrected chi connectivity index (χ2v) is 2.04. The zero-order valence-corrected chi connectivity index (χ0v) is 6.77. The van der Waals surface area contributed by atoms with Crippen LogP contribution in [0.5, 0.6) is 0 Å². The molecule has 0 fully saturated rings. The molecule has 0 amide bonds. The Kier molecular flexibility index (Phi) is 3.50. The van der Waals surface area contributed by atoms with E-state index in [1.807, 2.05) is 0 Å². The summed E-state index contributed by atoms with van der Waals surface area (Å²) in [5.41, 5.74) is 4.96. The molecule has 3 nitrogen and oxygen atoms in total. The highest BCUT2D eigenvalue weighted by molar-refractivity contribution is 5.88. The van der Waals surface area contributed by atoms with Crippen molar-refractivity contribution in [2.75, 3.05) is 5.73 Å². The molecule has 0 atom stereocenters. The van der Waals surface area contributed by atoms with Crippen LogP contribution in [0.4, 0.5) is 10.1 Å². The van der Waals surface area contributed by atoms with Crippen molar-refractivity contribution in [1.29, 1.82) is 0 Å². The van der Waals surface area contributed by atoms with Crippen LogP contribution in [-0.2, 0) is 0 Å². The molecule has 0 unspecified atom stereocenters. The predicted molar refractivity (Wildman–Crippen MR) is 45.0 cm³/mol. The minimum absolute atomic E-state index is 0. The zero-order valence-electron chi connectivity index (χ0n) is 5.95. The predicted octanol–water partition coefficient (Wildman–Crippen LogP) is 1.53. The number of benzene rings is 1. The third kappa shape index (κ3) is 2.10. The Morgan fingerprint density at radius 3 is 2.50 bits per heavy atom. The molecule has 5 heteroatoms. The van der Waals surface area contributed by atoms with E-state index in [-0.39, 0.29) is 23.7 Å². The molecule has 1 aromatic carbocycles. The molecule has 0 saturated carbocycles. The maximum atomic E-state index is 12.4. The molecule has 0 aliphatic heterocycles. The minimum Gasteiger partial charge on any atom is -0.478 e. The number of hydrogen-bond donors (Lipinski definition) is 2. The number of anilines is 1. The maximum absolute atomic E-state index is 12.4. The largest absolute Gasteiger partial charge is 0.478 e. The molecule has 1 aromatic rings. The van der Waals surface area contributed by atoms with Gasteiger partial charge in [0.25, 0.3) is 0 Å². The summed E-state index contributed by atoms with van der Waals surface area (Å²) >= 11 is 0. The SMILES string of the molecule is Cl.Nc1cc(C(=O)O)ccc1F. The Morgan fingerprint density at radius 2 is 2.08 bits per heavy atom. The highest BCUT2D eigenvalue weighted by Crippen LogP contribution is 2.11. The summed E-state index contributed by atoms with van der Waals surface area (Å²) in [6, 6.07) is 3.27. The second-order valence-electron chi connectivity index (χ2n) is 2.04. The lowest BCUT2D eigenvalue weighted by Crippen LogP contribution is -1.99. The topological polar surface area (TPSA) is 63.3 Å². The minimum atomic E-state index is -1.11. The van der Waals surface area contributed by atoms with E-state index in [1.54, 1.807) is 0 Å². The van der Waals surface area contributed by atoms with Gasteiger partial charge in [-0.1, -0.05) is 0 Å². The number of halogens is 2. The summed E-state index contributed by atoms with van der Waals surface area (Å²) in [5.74, 6) is -1.72. The summed E-state index contributed by atoms with van der Waals surface area (Å²) in [6.45, 7) is 0. The summed E-state index contributed by atoms with van der Waals surface area (Å²) in [6.07, 6.45) is 0. The Labute approximate surface area is 74.4 Å². The number of carboxylic acids is 1. The van der Waals surface area contributed by atoms with Crippen LogP contribution in [0.15, 0.2) is 18.2 Å². The average molecular weight is 192 g/mol. The van der Waals surface area contributed by atoms with E-state index in [1.165, 1.54) is 0 Å². The lowest BCUT2D eigenvalue weighted by Gasteiger charge is -1.96. The fourth-order valence-corrected chi connectivity index (χ4v) is 0.677. The lowest BCUT2D eigenvalue weighted by atomic mass is 10.2. The van der Waals surface area contributed by atoms with Crippen LogP contribution in [0, 0.1) is 5.82 Å². The highest BCUT2D eigenvalue weighted by atomic mass is 35.5. The zero-order chi connectivity index (χ0) is 8.43. The normalized spacial score (nSPS) is 8.75. The quantitative estimate of drug-likeness (QED) is 0.662. The first-order chi connectivity index (χ1) is 5.11. The van der Waals surface area contributed by atoms with Gasteiger partial charge in [0.2, 0.25) is 0 Å². The average Bonchev–Trinajstić information content (AvgIpc) is 1.94. The van der Waals surface area contributed by atoms with E-state index < -0.39 is 11.8 Å². The third-order valence-corrected chi connectivity index (χ3v) is 1.24. The van der Waals surface area contributed by atoms with E-state index in [0.29, 0.717) is 0 Å². The van der Waals surface area contributed by atoms with Crippen LogP contribution in [0.3, 0.4) is 0 Å². The first-order valence-electron chi connectivity index (χ1n) is 2.89. The molecule has 0 aliphatic carbocycles. The van der Waals surface area contributed by atoms with E-state index in [9.17, 15) is 9.18 Å². The summed E-state index contributed by atoms with van der Waals surface area (Å²) in [5, 5.41) is 8.42. The van der Waals surface area contributed by atoms with E-state index in [4.69, 9.17) is 10.8 Å². The summed E-state index contributed by atoms with van der Waals surface area (Å²) < 4.78 is 12.4. The number of carbonyl (C=O) groups is 1. The fourth-order valence-electron chi connectivity index (χ4n) is 0.677. The monoisotopic (exact) mass is 191 g/mol. The van der Waals surface area contributed by atoms with Crippen LogP contribution in [0.1, 0.15) is 10.4 Å². The number of hydrogen-bond acceptors (Lipinski definition) is 2. The van der Waals surface area contributed by atoms with E-state index in [0.717, 1.165) is 18.2 Å². The van der Waals surface area contributed by atoms with Crippen molar-refractivity contribution in [3.63, 3.8) is 0 Å². The summed E-state index contributed by atoms with van der Waals surface area (Å²) in [4.78, 5) is 10.3. The van der Waals surface area contributed by atoms with Crippen LogP contribution < -0.4 is 5.73 Å². The summed E-state index contributed by atoms with van der Waals surface area (Å²) in [7, 11) is 0. The number of nitrogens with two attached hydrogens (primary N) is 1. The van der Waals surface area contributed by atoms with Crippen LogP contribution >= 0.6 is 12.4 Å². The van der Waals surface area contributed by atoms with Gasteiger partial charge in [-0.2, -0.15) is 0 Å². The van der Waals surface area contributed by atoms with Crippen molar-refractivity contribution < 1.29 is 14.3 Å². The molecule has 66 valence electrons. The van der Waals surface area contributed by atoms with Gasteiger partial charge < -0.3 is 10.8 Å². The van der Waals surface area contributed by atoms with Gasteiger partial charge in [-0.05, 0) is 18.2 Å². The number of aromatic carboxylic acids is 1. The van der Waals surface area contributed by atoms with Crippen molar-refractivity contribution >= 4 is 24.1 Å². The van der Waals surface area contributed by atoms with Gasteiger partial charge >= 0.3 is 5.97 Å². The van der Waals surface area contributed by atoms with Crippen LogP contribution in [0.25, 0.3) is 0 Å². The molecule has 0 aliphatic rings. The standard InChI is InChI=1S/C7H6FNO2.ClH/c8-5-2-1-4(7(10)11)3-6(5)9;/h1-3H,9H2,(H,10,11);1H. The Morgan fingerprint density at radius 1 is 1.50 bits per heavy atom. The van der Waals surface area contributed by atoms with Crippen LogP contribution in [-0.4, -0.2) is 11.1 Å². The molecule has 0 heterocycles. The first-order valence-corrected chi connectivity index (χ1v) is 2.89. The fraction of sp³-hybridized carbons (Fsp3) is 0. The smallest absolute Gasteiger partial charge is 0.335 e. The molecule has 0 aromatic heterocycles. The molecule has 0 saturated heterocycles. The maximum Gasteiger partial charge on any atom is 0.335 e. The lowest BCUT2D eigenvalue weighted by molar-refractivity contribution is 0.0697. The molecule has 12 heavy (non-hydrogen) atoms. The van der Waals surface area contributed by atoms with Crippen molar-refractivity contribution in [3.8, 4) is 0 Å². The molecular weight excluding hydrogens is 185 g/mol. The number of rotatable bonds is 1. The Balaban J connectivity index is 0.00000121. The molecule has 0 bridgehead atoms. The van der Waals surface area contributed by atoms with E-state index in [2.05, 4.69) is 0 Å². The molecule has 1 rings (SSSR count). The first kappa shape index (κ1) is 10.7. The van der Waals surface area contributed by atoms with Gasteiger partial charge in [0.15, 0.2) is 0 Å². The van der Waals surface area contributed by atoms with E-state index >= 15 is 0 Å². The second kappa shape index (κ2) is 3.92. The third-order valence-electron chi connectivity index (χ3n) is 1.24. The van der Waals surface area contributed by atoms with Gasteiger partial charge in [-0.3, -0.25) is 0 Å². The van der Waals surface area contributed by atoms with Crippen molar-refractivity contribution in [2.24, 2.45) is 0 Å². The van der Waals surface area contributed by atoms with Gasteiger partial charge in [0, 0.05) is 0 Å². The number of nitrogen functional groups attached to an aromatic ring is 1. The van der Waals surface area contributed by atoms with Gasteiger partial charge in [0.05, 0.1) is 11.3 Å². The number of carboxylic acid groups (broad SMARTS) is 1. The molecule has 0 spiro atoms. The molecule has 3 N–H and O–H groups in total. The van der Waals surface area contributed by atoms with Gasteiger partial charge in [-0.25, -0.2) is 9.18 Å². The van der Waals surface area contributed by atoms with Crippen molar-refractivity contribution in [1.82, 2.24) is 0 Å². The Hall–Kier alpha value is -1.29. The molecule has 0 radical (unpaired) electrons. The van der Waals surface area contributed by atoms with Crippen molar-refractivity contribution in [3.05, 3.63) is 29.6 Å². The van der Waals surface area contributed by atoms with Crippen molar-refractivity contribution in [2.45, 2.75) is 0 Å². The van der Waals surface area contributed by atoms with Crippen LogP contribution in [0.2, 0.25) is 0 Å². The highest BCUT2D eigenvalue weighted by Gasteiger charge is 2.04.